The summed E-state index contributed by atoms with van der Waals surface area (Å²) >= 11 is 1.53. The number of anilines is 1. The van der Waals surface area contributed by atoms with Crippen LogP contribution in [0, 0.1) is 0 Å². The van der Waals surface area contributed by atoms with Gasteiger partial charge in [0.05, 0.1) is 10.2 Å². The monoisotopic (exact) mass is 246 g/mol. The SMILES string of the molecule is Nc1nc2ccc(C3CCC(=O)CC3)cc2s1. The Balaban J connectivity index is 1.92. The van der Waals surface area contributed by atoms with Gasteiger partial charge in [0, 0.05) is 12.8 Å². The first-order chi connectivity index (χ1) is 8.22. The molecule has 3 rings (SSSR count). The van der Waals surface area contributed by atoms with Gasteiger partial charge >= 0.3 is 0 Å². The average molecular weight is 246 g/mol. The summed E-state index contributed by atoms with van der Waals surface area (Å²) in [5, 5.41) is 0.621. The normalized spacial score (nSPS) is 17.8. The lowest BCUT2D eigenvalue weighted by molar-refractivity contribution is -0.120. The number of benzene rings is 1. The van der Waals surface area contributed by atoms with Crippen LogP contribution in [0.2, 0.25) is 0 Å². The molecule has 1 saturated carbocycles. The van der Waals surface area contributed by atoms with Gasteiger partial charge < -0.3 is 5.73 Å². The Kier molecular flexibility index (Phi) is 2.59. The molecule has 0 unspecified atom stereocenters. The molecule has 17 heavy (non-hydrogen) atoms. The van der Waals surface area contributed by atoms with Gasteiger partial charge in [0.15, 0.2) is 5.13 Å². The van der Waals surface area contributed by atoms with Crippen molar-refractivity contribution >= 4 is 32.5 Å². The Morgan fingerprint density at radius 1 is 1.29 bits per heavy atom. The quantitative estimate of drug-likeness (QED) is 0.841. The second-order valence-corrected chi connectivity index (χ2v) is 5.65. The molecule has 3 nitrogen and oxygen atoms in total. The molecule has 2 aromatic rings. The maximum atomic E-state index is 11.2. The Bertz CT molecular complexity index is 566. The molecule has 2 N–H and O–H groups in total. The van der Waals surface area contributed by atoms with Crippen molar-refractivity contribution in [2.45, 2.75) is 31.6 Å². The third kappa shape index (κ3) is 2.05. The van der Waals surface area contributed by atoms with Gasteiger partial charge in [0.1, 0.15) is 5.78 Å². The topological polar surface area (TPSA) is 56.0 Å². The fraction of sp³-hybridized carbons (Fsp3) is 0.385. The predicted octanol–water partition coefficient (Wildman–Crippen LogP) is 3.11. The number of carbonyl (C=O) groups excluding carboxylic acids is 1. The van der Waals surface area contributed by atoms with E-state index < -0.39 is 0 Å². The molecule has 0 bridgehead atoms. The summed E-state index contributed by atoms with van der Waals surface area (Å²) in [5.74, 6) is 0.935. The zero-order chi connectivity index (χ0) is 11.8. The van der Waals surface area contributed by atoms with E-state index in [0.29, 0.717) is 16.8 Å². The predicted molar refractivity (Wildman–Crippen MR) is 70.2 cm³/mol. The Labute approximate surface area is 104 Å². The number of nitrogen functional groups attached to an aromatic ring is 1. The van der Waals surface area contributed by atoms with Gasteiger partial charge in [0.25, 0.3) is 0 Å². The first kappa shape index (κ1) is 10.7. The summed E-state index contributed by atoms with van der Waals surface area (Å²) in [6, 6.07) is 6.35. The van der Waals surface area contributed by atoms with Crippen LogP contribution in [0.4, 0.5) is 5.13 Å². The minimum absolute atomic E-state index is 0.407. The molecule has 0 spiro atoms. The van der Waals surface area contributed by atoms with Crippen LogP contribution < -0.4 is 5.73 Å². The standard InChI is InChI=1S/C13H14N2OS/c14-13-15-11-6-3-9(7-12(11)17-13)8-1-4-10(16)5-2-8/h3,6-8H,1-2,4-5H2,(H2,14,15). The number of fused-ring (bicyclic) bond motifs is 1. The molecule has 0 saturated heterocycles. The van der Waals surface area contributed by atoms with E-state index in [1.165, 1.54) is 16.9 Å². The number of nitrogens with two attached hydrogens (primary N) is 1. The molecule has 1 aliphatic rings. The van der Waals surface area contributed by atoms with Gasteiger partial charge in [-0.1, -0.05) is 17.4 Å². The number of Topliss-reactive ketones (excluding diaryl/α,β-unsaturated/α-hetero) is 1. The number of aromatic nitrogens is 1. The number of hydrogen-bond donors (Lipinski definition) is 1. The molecule has 88 valence electrons. The molecule has 0 radical (unpaired) electrons. The second-order valence-electron chi connectivity index (χ2n) is 4.59. The highest BCUT2D eigenvalue weighted by atomic mass is 32.1. The third-order valence-electron chi connectivity index (χ3n) is 3.44. The van der Waals surface area contributed by atoms with Crippen molar-refractivity contribution < 1.29 is 4.79 Å². The highest BCUT2D eigenvalue weighted by molar-refractivity contribution is 7.22. The zero-order valence-corrected chi connectivity index (χ0v) is 10.3. The number of carbonyl (C=O) groups is 1. The summed E-state index contributed by atoms with van der Waals surface area (Å²) in [6.07, 6.45) is 3.43. The smallest absolute Gasteiger partial charge is 0.181 e. The van der Waals surface area contributed by atoms with E-state index in [9.17, 15) is 4.79 Å². The van der Waals surface area contributed by atoms with Crippen LogP contribution in [-0.2, 0) is 4.79 Å². The summed E-state index contributed by atoms with van der Waals surface area (Å²) in [4.78, 5) is 15.5. The van der Waals surface area contributed by atoms with Gasteiger partial charge in [-0.05, 0) is 36.5 Å². The van der Waals surface area contributed by atoms with Crippen molar-refractivity contribution in [3.05, 3.63) is 23.8 Å². The number of rotatable bonds is 1. The Morgan fingerprint density at radius 2 is 2.06 bits per heavy atom. The van der Waals surface area contributed by atoms with Gasteiger partial charge in [-0.3, -0.25) is 4.79 Å². The van der Waals surface area contributed by atoms with Crippen LogP contribution >= 0.6 is 11.3 Å². The summed E-state index contributed by atoms with van der Waals surface area (Å²) in [7, 11) is 0. The van der Waals surface area contributed by atoms with Crippen molar-refractivity contribution in [2.24, 2.45) is 0 Å². The third-order valence-corrected chi connectivity index (χ3v) is 4.29. The van der Waals surface area contributed by atoms with Gasteiger partial charge in [-0.25, -0.2) is 4.98 Å². The summed E-state index contributed by atoms with van der Waals surface area (Å²) in [5.41, 5.74) is 8.00. The second kappa shape index (κ2) is 4.11. The Morgan fingerprint density at radius 3 is 2.82 bits per heavy atom. The number of nitrogens with zero attached hydrogens (tertiary/aromatic N) is 1. The first-order valence-corrected chi connectivity index (χ1v) is 6.72. The van der Waals surface area contributed by atoms with Crippen LogP contribution in [0.1, 0.15) is 37.2 Å². The van der Waals surface area contributed by atoms with E-state index in [1.54, 1.807) is 0 Å². The Hall–Kier alpha value is -1.42. The van der Waals surface area contributed by atoms with Crippen LogP contribution in [0.3, 0.4) is 0 Å². The lowest BCUT2D eigenvalue weighted by Crippen LogP contribution is -2.12. The van der Waals surface area contributed by atoms with Crippen molar-refractivity contribution in [1.82, 2.24) is 4.98 Å². The maximum Gasteiger partial charge on any atom is 0.181 e. The van der Waals surface area contributed by atoms with Crippen molar-refractivity contribution in [1.29, 1.82) is 0 Å². The fourth-order valence-corrected chi connectivity index (χ4v) is 3.27. The minimum Gasteiger partial charge on any atom is -0.375 e. The number of thiazole rings is 1. The molecule has 1 aromatic heterocycles. The molecule has 0 amide bonds. The molecule has 0 atom stereocenters. The molecule has 1 heterocycles. The van der Waals surface area contributed by atoms with E-state index in [0.717, 1.165) is 35.9 Å². The minimum atomic E-state index is 0.407. The zero-order valence-electron chi connectivity index (χ0n) is 9.48. The van der Waals surface area contributed by atoms with E-state index >= 15 is 0 Å². The van der Waals surface area contributed by atoms with Crippen LogP contribution in [0.15, 0.2) is 18.2 Å². The van der Waals surface area contributed by atoms with Crippen LogP contribution in [0.25, 0.3) is 10.2 Å². The molecule has 1 fully saturated rings. The number of hydrogen-bond acceptors (Lipinski definition) is 4. The van der Waals surface area contributed by atoms with E-state index in [-0.39, 0.29) is 0 Å². The number of ketones is 1. The van der Waals surface area contributed by atoms with Crippen molar-refractivity contribution in [2.75, 3.05) is 5.73 Å². The largest absolute Gasteiger partial charge is 0.375 e. The molecular formula is C13H14N2OS. The lowest BCUT2D eigenvalue weighted by Gasteiger charge is -2.21. The molecule has 1 aliphatic carbocycles. The average Bonchev–Trinajstić information content (AvgIpc) is 2.69. The van der Waals surface area contributed by atoms with Gasteiger partial charge in [0.2, 0.25) is 0 Å². The van der Waals surface area contributed by atoms with Crippen molar-refractivity contribution in [3.63, 3.8) is 0 Å². The van der Waals surface area contributed by atoms with Crippen molar-refractivity contribution in [3.8, 4) is 0 Å². The lowest BCUT2D eigenvalue weighted by atomic mass is 9.83. The summed E-state index contributed by atoms with van der Waals surface area (Å²) < 4.78 is 1.15. The highest BCUT2D eigenvalue weighted by Crippen LogP contribution is 2.34. The fourth-order valence-electron chi connectivity index (χ4n) is 2.49. The maximum absolute atomic E-state index is 11.2. The van der Waals surface area contributed by atoms with Gasteiger partial charge in [-0.2, -0.15) is 0 Å². The summed E-state index contributed by atoms with van der Waals surface area (Å²) in [6.45, 7) is 0. The first-order valence-electron chi connectivity index (χ1n) is 5.90. The molecule has 1 aromatic carbocycles. The van der Waals surface area contributed by atoms with Gasteiger partial charge in [-0.15, -0.1) is 0 Å². The molecule has 0 aliphatic heterocycles. The van der Waals surface area contributed by atoms with Crippen LogP contribution in [0.5, 0.6) is 0 Å². The van der Waals surface area contributed by atoms with E-state index in [4.69, 9.17) is 5.73 Å². The molecule has 4 heteroatoms. The van der Waals surface area contributed by atoms with E-state index in [2.05, 4.69) is 17.1 Å². The highest BCUT2D eigenvalue weighted by Gasteiger charge is 2.20. The molecular weight excluding hydrogens is 232 g/mol. The van der Waals surface area contributed by atoms with E-state index in [1.807, 2.05) is 6.07 Å². The van der Waals surface area contributed by atoms with Crippen LogP contribution in [-0.4, -0.2) is 10.8 Å².